The molecular formula is C50H76FN3O6. The molecule has 0 saturated heterocycles. The van der Waals surface area contributed by atoms with Crippen molar-refractivity contribution in [1.82, 2.24) is 14.9 Å². The first-order valence-electron chi connectivity index (χ1n) is 22.8. The molecular weight excluding hydrogens is 758 g/mol. The maximum atomic E-state index is 15.0. The zero-order chi connectivity index (χ0) is 44.6. The van der Waals surface area contributed by atoms with Crippen LogP contribution in [0, 0.1) is 56.2 Å². The largest absolute Gasteiger partial charge is 0.481 e. The van der Waals surface area contributed by atoms with E-state index in [0.29, 0.717) is 24.8 Å². The van der Waals surface area contributed by atoms with Crippen molar-refractivity contribution in [3.63, 3.8) is 0 Å². The number of rotatable bonds is 13. The molecule has 0 spiro atoms. The van der Waals surface area contributed by atoms with Crippen LogP contribution in [0.4, 0.5) is 4.39 Å². The van der Waals surface area contributed by atoms with Crippen molar-refractivity contribution in [1.29, 1.82) is 0 Å². The van der Waals surface area contributed by atoms with Crippen molar-refractivity contribution < 1.29 is 33.4 Å². The number of esters is 1. The molecule has 4 fully saturated rings. The van der Waals surface area contributed by atoms with Gasteiger partial charge in [0, 0.05) is 43.0 Å². The molecule has 9 atom stereocenters. The number of ketones is 1. The first kappa shape index (κ1) is 46.2. The third kappa shape index (κ3) is 7.44. The van der Waals surface area contributed by atoms with Gasteiger partial charge in [-0.3, -0.25) is 29.2 Å². The maximum absolute atomic E-state index is 15.0. The van der Waals surface area contributed by atoms with Crippen LogP contribution in [-0.2, 0) is 23.9 Å². The number of carbonyl (C=O) groups excluding carboxylic acids is 3. The molecule has 8 unspecified atom stereocenters. The topological polar surface area (TPSA) is 107 Å². The van der Waals surface area contributed by atoms with Gasteiger partial charge in [0.15, 0.2) is 5.78 Å². The first-order valence-corrected chi connectivity index (χ1v) is 22.8. The van der Waals surface area contributed by atoms with Crippen LogP contribution >= 0.6 is 0 Å². The first-order chi connectivity index (χ1) is 27.7. The van der Waals surface area contributed by atoms with Crippen molar-refractivity contribution in [2.75, 3.05) is 34.2 Å². The number of hydrogen-bond acceptors (Lipinski definition) is 8. The summed E-state index contributed by atoms with van der Waals surface area (Å²) >= 11 is 0. The standard InChI is InChI=1S/C50H76FN3O6/c1-32(2)41-35(56)30-50(38(20-29-55)54(28-27-52(11)12)53(13)33-16-21-46(7,51)22-17-33)26-25-48(9)34(42(41)50)14-15-37-47(8)23-19-39(60-40(57)31-44(3,4)43(58)59)45(5,6)36(47)18-24-49(37,48)10/h16-17,20-21,29,32,34,36-37,39H,14-15,18-19,22-28,30-31H2,1-13H3,(H,58,59)/b38-20-/t34?,36?,37?,39?,46?,47?,48-,49?,50?/m1/s1. The van der Waals surface area contributed by atoms with Crippen LogP contribution in [0.1, 0.15) is 140 Å². The Hall–Kier alpha value is -3.27. The predicted molar refractivity (Wildman–Crippen MR) is 234 cm³/mol. The number of ether oxygens (including phenoxy) is 1. The van der Waals surface area contributed by atoms with Gasteiger partial charge < -0.3 is 14.7 Å². The van der Waals surface area contributed by atoms with Crippen LogP contribution in [0.25, 0.3) is 0 Å². The highest BCUT2D eigenvalue weighted by atomic mass is 19.1. The van der Waals surface area contributed by atoms with Crippen LogP contribution in [0.15, 0.2) is 46.8 Å². The Morgan fingerprint density at radius 1 is 0.950 bits per heavy atom. The van der Waals surface area contributed by atoms with Gasteiger partial charge in [0.25, 0.3) is 0 Å². The lowest BCUT2D eigenvalue weighted by Gasteiger charge is -2.72. The fourth-order valence-corrected chi connectivity index (χ4v) is 14.1. The van der Waals surface area contributed by atoms with Gasteiger partial charge in [-0.25, -0.2) is 4.39 Å². The maximum Gasteiger partial charge on any atom is 0.309 e. The highest BCUT2D eigenvalue weighted by Crippen LogP contribution is 2.77. The minimum Gasteiger partial charge on any atom is -0.481 e. The molecule has 0 aromatic carbocycles. The number of halogens is 1. The van der Waals surface area contributed by atoms with E-state index in [4.69, 9.17) is 4.74 Å². The normalized spacial score (nSPS) is 37.5. The Morgan fingerprint density at radius 2 is 1.63 bits per heavy atom. The average molecular weight is 834 g/mol. The molecule has 6 aliphatic rings. The fraction of sp³-hybridized carbons (Fsp3) is 0.760. The summed E-state index contributed by atoms with van der Waals surface area (Å²) in [6, 6.07) is 0. The van der Waals surface area contributed by atoms with E-state index in [-0.39, 0.29) is 58.2 Å². The molecule has 6 rings (SSSR count). The summed E-state index contributed by atoms with van der Waals surface area (Å²) in [5.41, 5.74) is 0.316. The molecule has 9 nitrogen and oxygen atoms in total. The van der Waals surface area contributed by atoms with Crippen LogP contribution < -0.4 is 0 Å². The van der Waals surface area contributed by atoms with E-state index < -0.39 is 28.4 Å². The minimum absolute atomic E-state index is 0.00814. The summed E-state index contributed by atoms with van der Waals surface area (Å²) in [4.78, 5) is 54.7. The number of carboxylic acids is 1. The average Bonchev–Trinajstić information content (AvgIpc) is 3.45. The van der Waals surface area contributed by atoms with Crippen LogP contribution in [0.2, 0.25) is 0 Å². The van der Waals surface area contributed by atoms with Gasteiger partial charge in [0.1, 0.15) is 18.1 Å². The zero-order valence-electron chi connectivity index (χ0n) is 39.2. The van der Waals surface area contributed by atoms with Gasteiger partial charge in [-0.1, -0.05) is 54.5 Å². The van der Waals surface area contributed by atoms with Crippen LogP contribution in [0.5, 0.6) is 0 Å². The van der Waals surface area contributed by atoms with E-state index in [1.807, 2.05) is 33.3 Å². The molecule has 10 heteroatoms. The molecule has 334 valence electrons. The summed E-state index contributed by atoms with van der Waals surface area (Å²) in [5, 5.41) is 14.0. The Labute approximate surface area is 360 Å². The Bertz CT molecular complexity index is 1870. The second-order valence-electron chi connectivity index (χ2n) is 22.6. The summed E-state index contributed by atoms with van der Waals surface area (Å²) < 4.78 is 21.2. The lowest BCUT2D eigenvalue weighted by atomic mass is 9.33. The van der Waals surface area contributed by atoms with Gasteiger partial charge in [-0.05, 0) is 156 Å². The number of hydrazine groups is 1. The van der Waals surface area contributed by atoms with Crippen molar-refractivity contribution in [2.24, 2.45) is 56.2 Å². The minimum atomic E-state index is -1.42. The monoisotopic (exact) mass is 834 g/mol. The molecule has 0 radical (unpaired) electrons. The number of alkyl halides is 1. The van der Waals surface area contributed by atoms with Crippen LogP contribution in [-0.4, -0.2) is 90.0 Å². The summed E-state index contributed by atoms with van der Waals surface area (Å²) in [6.07, 6.45) is 15.6. The number of hydrogen-bond donors (Lipinski definition) is 1. The van der Waals surface area contributed by atoms with Gasteiger partial charge in [-0.15, -0.1) is 0 Å². The molecule has 0 aliphatic heterocycles. The molecule has 0 aromatic heterocycles. The number of carboxylic acid groups (broad SMARTS) is 1. The van der Waals surface area contributed by atoms with E-state index >= 15 is 0 Å². The number of Topliss-reactive ketones (excluding diaryl/α,β-unsaturated/α-hetero) is 1. The van der Waals surface area contributed by atoms with Crippen molar-refractivity contribution >= 4 is 24.0 Å². The van der Waals surface area contributed by atoms with E-state index in [0.717, 1.165) is 81.2 Å². The zero-order valence-corrected chi connectivity index (χ0v) is 39.2. The molecule has 0 bridgehead atoms. The summed E-state index contributed by atoms with van der Waals surface area (Å²) in [7, 11) is 6.08. The van der Waals surface area contributed by atoms with Gasteiger partial charge >= 0.3 is 11.9 Å². The Morgan fingerprint density at radius 3 is 2.22 bits per heavy atom. The molecule has 4 saturated carbocycles. The van der Waals surface area contributed by atoms with Crippen LogP contribution in [0.3, 0.4) is 0 Å². The van der Waals surface area contributed by atoms with Gasteiger partial charge in [-0.2, -0.15) is 0 Å². The molecule has 1 N–H and O–H groups in total. The second kappa shape index (κ2) is 15.8. The van der Waals surface area contributed by atoms with Crippen molar-refractivity contribution in [2.45, 2.75) is 152 Å². The smallest absolute Gasteiger partial charge is 0.309 e. The van der Waals surface area contributed by atoms with Gasteiger partial charge in [0.05, 0.1) is 24.1 Å². The lowest BCUT2D eigenvalue weighted by Crippen LogP contribution is -2.66. The fourth-order valence-electron chi connectivity index (χ4n) is 14.1. The molecule has 0 amide bonds. The molecule has 6 aliphatic carbocycles. The molecule has 60 heavy (non-hydrogen) atoms. The quantitative estimate of drug-likeness (QED) is 0.0840. The number of allylic oxidation sites excluding steroid dienone is 6. The highest BCUT2D eigenvalue weighted by Gasteiger charge is 2.71. The van der Waals surface area contributed by atoms with Crippen molar-refractivity contribution in [3.05, 3.63) is 46.8 Å². The van der Waals surface area contributed by atoms with E-state index in [2.05, 4.69) is 63.4 Å². The number of fused-ring (bicyclic) bond motifs is 7. The Kier molecular flexibility index (Phi) is 12.2. The number of nitrogens with zero attached hydrogens (tertiary/aromatic N) is 3. The highest BCUT2D eigenvalue weighted by molar-refractivity contribution is 6.01. The third-order valence-electron chi connectivity index (χ3n) is 17.6. The SMILES string of the molecule is CC(C)C1=C2C3CCC4C5(C)CCC(OC(=O)CC(C)(C)C(=O)O)C(C)(C)C5CCC4(C)[C@]3(C)CCC2(/C(=C/C=O)N(CCN(C)C)N(C)C2=CCC(C)(F)C=C2)CC1=O. The Balaban J connectivity index is 1.37. The third-order valence-corrected chi connectivity index (χ3v) is 17.6. The molecule has 0 heterocycles. The van der Waals surface area contributed by atoms with E-state index in [1.165, 1.54) is 5.57 Å². The van der Waals surface area contributed by atoms with Crippen molar-refractivity contribution in [3.8, 4) is 0 Å². The second-order valence-corrected chi connectivity index (χ2v) is 22.6. The summed E-state index contributed by atoms with van der Waals surface area (Å²) in [6.45, 7) is 22.5. The molecule has 0 aromatic rings. The predicted octanol–water partition coefficient (Wildman–Crippen LogP) is 9.74. The number of likely N-dealkylation sites (N-methyl/N-ethyl adjacent to an activating group) is 2. The number of aliphatic carboxylic acids is 1. The summed E-state index contributed by atoms with van der Waals surface area (Å²) in [5.74, 6) is -0.291. The van der Waals surface area contributed by atoms with E-state index in [1.54, 1.807) is 32.9 Å². The van der Waals surface area contributed by atoms with E-state index in [9.17, 15) is 28.7 Å². The number of carbonyl (C=O) groups is 4. The number of aldehydes is 1. The van der Waals surface area contributed by atoms with Gasteiger partial charge in [0.2, 0.25) is 0 Å². The lowest BCUT2D eigenvalue weighted by molar-refractivity contribution is -0.233.